The van der Waals surface area contributed by atoms with Gasteiger partial charge in [0.1, 0.15) is 18.0 Å². The molecule has 6 heteroatoms. The third-order valence-corrected chi connectivity index (χ3v) is 5.32. The summed E-state index contributed by atoms with van der Waals surface area (Å²) in [5.41, 5.74) is 1.01. The average Bonchev–Trinajstić information content (AvgIpc) is 2.96. The fourth-order valence-corrected chi connectivity index (χ4v) is 3.54. The van der Waals surface area contributed by atoms with Gasteiger partial charge >= 0.3 is 5.97 Å². The standard InChI is InChI=1S/C23H27FO5/c1-13-10-12-18(25)21-19(28-23(4,5)29-21)8-6-7-16-17(24)11-9-14(2)20(16)22(26)27-15(13)3/h6-7,9-13,15,19,21H,8H2,1-5H3/b7-6?,12-10-/t13-,15+,19+,21-/m1/s1. The number of cyclic esters (lactones) is 1. The van der Waals surface area contributed by atoms with Crippen molar-refractivity contribution in [3.63, 3.8) is 0 Å². The Morgan fingerprint density at radius 1 is 1.10 bits per heavy atom. The van der Waals surface area contributed by atoms with E-state index >= 15 is 0 Å². The van der Waals surface area contributed by atoms with Gasteiger partial charge < -0.3 is 14.2 Å². The minimum atomic E-state index is -0.891. The van der Waals surface area contributed by atoms with Gasteiger partial charge in [-0.05, 0) is 51.8 Å². The van der Waals surface area contributed by atoms with E-state index < -0.39 is 35.9 Å². The lowest BCUT2D eigenvalue weighted by atomic mass is 9.98. The van der Waals surface area contributed by atoms with E-state index in [1.807, 2.05) is 6.92 Å². The highest BCUT2D eigenvalue weighted by atomic mass is 19.1. The molecule has 2 aliphatic rings. The van der Waals surface area contributed by atoms with Crippen LogP contribution in [0, 0.1) is 18.7 Å². The summed E-state index contributed by atoms with van der Waals surface area (Å²) in [4.78, 5) is 25.5. The molecular weight excluding hydrogens is 375 g/mol. The maximum Gasteiger partial charge on any atom is 0.339 e. The fraction of sp³-hybridized carbons (Fsp3) is 0.478. The van der Waals surface area contributed by atoms with E-state index in [4.69, 9.17) is 14.2 Å². The molecule has 1 fully saturated rings. The van der Waals surface area contributed by atoms with Crippen LogP contribution in [0.2, 0.25) is 0 Å². The van der Waals surface area contributed by atoms with Crippen molar-refractivity contribution in [2.75, 3.05) is 0 Å². The number of rotatable bonds is 0. The number of halogens is 1. The van der Waals surface area contributed by atoms with Gasteiger partial charge in [0.2, 0.25) is 0 Å². The summed E-state index contributed by atoms with van der Waals surface area (Å²) in [7, 11) is 0. The summed E-state index contributed by atoms with van der Waals surface area (Å²) in [6, 6.07) is 2.89. The van der Waals surface area contributed by atoms with Gasteiger partial charge in [-0.15, -0.1) is 0 Å². The largest absolute Gasteiger partial charge is 0.458 e. The predicted octanol–water partition coefficient (Wildman–Crippen LogP) is 4.38. The van der Waals surface area contributed by atoms with Gasteiger partial charge in [-0.3, -0.25) is 4.79 Å². The van der Waals surface area contributed by atoms with Crippen LogP contribution in [0.25, 0.3) is 6.08 Å². The zero-order valence-corrected chi connectivity index (χ0v) is 17.4. The van der Waals surface area contributed by atoms with Crippen LogP contribution >= 0.6 is 0 Å². The average molecular weight is 402 g/mol. The van der Waals surface area contributed by atoms with Crippen molar-refractivity contribution in [1.82, 2.24) is 0 Å². The van der Waals surface area contributed by atoms with E-state index in [0.717, 1.165) is 0 Å². The summed E-state index contributed by atoms with van der Waals surface area (Å²) in [6.07, 6.45) is 5.00. The van der Waals surface area contributed by atoms with Crippen LogP contribution in [0.15, 0.2) is 30.4 Å². The molecule has 1 aromatic carbocycles. The molecule has 156 valence electrons. The molecule has 0 radical (unpaired) electrons. The van der Waals surface area contributed by atoms with Gasteiger partial charge in [0.05, 0.1) is 11.7 Å². The summed E-state index contributed by atoms with van der Waals surface area (Å²) in [5.74, 6) is -2.41. The molecule has 0 spiro atoms. The highest BCUT2D eigenvalue weighted by molar-refractivity contribution is 5.96. The van der Waals surface area contributed by atoms with Crippen LogP contribution in [-0.2, 0) is 19.0 Å². The molecule has 0 amide bonds. The smallest absolute Gasteiger partial charge is 0.339 e. The lowest BCUT2D eigenvalue weighted by molar-refractivity contribution is -0.152. The van der Waals surface area contributed by atoms with Crippen molar-refractivity contribution in [3.05, 3.63) is 52.9 Å². The van der Waals surface area contributed by atoms with Gasteiger partial charge in [-0.1, -0.05) is 31.2 Å². The summed E-state index contributed by atoms with van der Waals surface area (Å²) < 4.78 is 31.8. The molecule has 2 heterocycles. The number of hydrogen-bond acceptors (Lipinski definition) is 5. The lowest BCUT2D eigenvalue weighted by Gasteiger charge is -2.20. The van der Waals surface area contributed by atoms with E-state index in [2.05, 4.69) is 0 Å². The van der Waals surface area contributed by atoms with Crippen molar-refractivity contribution in [2.24, 2.45) is 5.92 Å². The maximum absolute atomic E-state index is 14.5. The summed E-state index contributed by atoms with van der Waals surface area (Å²) >= 11 is 0. The molecule has 0 unspecified atom stereocenters. The summed E-state index contributed by atoms with van der Waals surface area (Å²) in [6.45, 7) is 8.85. The van der Waals surface area contributed by atoms with E-state index in [0.29, 0.717) is 12.0 Å². The Kier molecular flexibility index (Phi) is 6.05. The molecule has 1 saturated heterocycles. The van der Waals surface area contributed by atoms with Crippen molar-refractivity contribution >= 4 is 17.8 Å². The van der Waals surface area contributed by atoms with Crippen molar-refractivity contribution < 1.29 is 28.2 Å². The third kappa shape index (κ3) is 4.65. The zero-order valence-electron chi connectivity index (χ0n) is 17.4. The Morgan fingerprint density at radius 3 is 2.55 bits per heavy atom. The normalized spacial score (nSPS) is 30.8. The monoisotopic (exact) mass is 402 g/mol. The molecule has 0 aliphatic carbocycles. The molecule has 0 N–H and O–H groups in total. The van der Waals surface area contributed by atoms with E-state index in [9.17, 15) is 14.0 Å². The first-order valence-electron chi connectivity index (χ1n) is 9.83. The first-order chi connectivity index (χ1) is 13.6. The van der Waals surface area contributed by atoms with Crippen LogP contribution in [0.5, 0.6) is 0 Å². The molecule has 2 aliphatic heterocycles. The van der Waals surface area contributed by atoms with Crippen LogP contribution in [0.1, 0.15) is 55.6 Å². The minimum Gasteiger partial charge on any atom is -0.458 e. The number of esters is 1. The lowest BCUT2D eigenvalue weighted by Crippen LogP contribution is -2.30. The Hall–Kier alpha value is -2.31. The maximum atomic E-state index is 14.5. The fourth-order valence-electron chi connectivity index (χ4n) is 3.54. The second kappa shape index (κ2) is 8.20. The molecule has 3 rings (SSSR count). The molecule has 1 aromatic rings. The predicted molar refractivity (Wildman–Crippen MR) is 107 cm³/mol. The van der Waals surface area contributed by atoms with Crippen LogP contribution in [0.3, 0.4) is 0 Å². The molecule has 0 aromatic heterocycles. The number of aryl methyl sites for hydroxylation is 1. The number of carbonyl (C=O) groups excluding carboxylic acids is 2. The second-order valence-electron chi connectivity index (χ2n) is 8.12. The Bertz CT molecular complexity index is 870. The SMILES string of the molecule is Cc1ccc(F)c2c1C(=O)O[C@@H](C)[C@H](C)/C=C\C(=O)[C@H]1OC(C)(C)O[C@H]1CC=C2. The minimum absolute atomic E-state index is 0.170. The van der Waals surface area contributed by atoms with Crippen LogP contribution in [-0.4, -0.2) is 35.9 Å². The van der Waals surface area contributed by atoms with Gasteiger partial charge in [0.25, 0.3) is 0 Å². The number of benzene rings is 1. The molecular formula is C23H27FO5. The van der Waals surface area contributed by atoms with Gasteiger partial charge in [-0.25, -0.2) is 9.18 Å². The number of fused-ring (bicyclic) bond motifs is 2. The van der Waals surface area contributed by atoms with E-state index in [1.54, 1.807) is 52.0 Å². The number of hydrogen-bond donors (Lipinski definition) is 0. The van der Waals surface area contributed by atoms with Crippen molar-refractivity contribution in [3.8, 4) is 0 Å². The molecule has 4 atom stereocenters. The highest BCUT2D eigenvalue weighted by Crippen LogP contribution is 2.32. The van der Waals surface area contributed by atoms with Crippen LogP contribution < -0.4 is 0 Å². The third-order valence-electron chi connectivity index (χ3n) is 5.32. The quantitative estimate of drug-likeness (QED) is 0.603. The second-order valence-corrected chi connectivity index (χ2v) is 8.12. The van der Waals surface area contributed by atoms with Gasteiger partial charge in [0, 0.05) is 11.5 Å². The Balaban J connectivity index is 2.04. The summed E-state index contributed by atoms with van der Waals surface area (Å²) in [5, 5.41) is 0. The Labute approximate surface area is 170 Å². The molecule has 29 heavy (non-hydrogen) atoms. The van der Waals surface area contributed by atoms with Gasteiger partial charge in [0.15, 0.2) is 11.6 Å². The van der Waals surface area contributed by atoms with E-state index in [-0.39, 0.29) is 22.8 Å². The molecule has 0 saturated carbocycles. The Morgan fingerprint density at radius 2 is 1.83 bits per heavy atom. The van der Waals surface area contributed by atoms with E-state index in [1.165, 1.54) is 12.1 Å². The first kappa shape index (κ1) is 21.4. The number of ether oxygens (including phenoxy) is 3. The first-order valence-corrected chi connectivity index (χ1v) is 9.83. The number of carbonyl (C=O) groups is 2. The van der Waals surface area contributed by atoms with Crippen molar-refractivity contribution in [2.45, 2.75) is 65.1 Å². The highest BCUT2D eigenvalue weighted by Gasteiger charge is 2.43. The molecule has 0 bridgehead atoms. The van der Waals surface area contributed by atoms with Gasteiger partial charge in [-0.2, -0.15) is 0 Å². The van der Waals surface area contributed by atoms with Crippen LogP contribution in [0.4, 0.5) is 4.39 Å². The molecule has 5 nitrogen and oxygen atoms in total. The number of ketones is 1. The van der Waals surface area contributed by atoms with Crippen molar-refractivity contribution in [1.29, 1.82) is 0 Å². The zero-order chi connectivity index (χ0) is 21.3. The topological polar surface area (TPSA) is 61.8 Å².